The van der Waals surface area contributed by atoms with E-state index in [1.807, 2.05) is 31.2 Å². The van der Waals surface area contributed by atoms with Crippen LogP contribution in [0.3, 0.4) is 0 Å². The van der Waals surface area contributed by atoms with Crippen LogP contribution in [0.4, 0.5) is 0 Å². The maximum Gasteiger partial charge on any atom is 0.220 e. The molecule has 0 fully saturated rings. The lowest BCUT2D eigenvalue weighted by molar-refractivity contribution is -0.121. The summed E-state index contributed by atoms with van der Waals surface area (Å²) in [6, 6.07) is 9.76. The molecule has 0 saturated heterocycles. The minimum Gasteiger partial charge on any atom is -0.360 e. The molecule has 1 aromatic carbocycles. The molecule has 100 valence electrons. The maximum atomic E-state index is 11.8. The molecule has 0 bridgehead atoms. The van der Waals surface area contributed by atoms with Gasteiger partial charge in [0.2, 0.25) is 5.91 Å². The van der Waals surface area contributed by atoms with Crippen molar-refractivity contribution in [3.63, 3.8) is 0 Å². The van der Waals surface area contributed by atoms with Crippen molar-refractivity contribution in [3.8, 4) is 0 Å². The second kappa shape index (κ2) is 6.52. The van der Waals surface area contributed by atoms with Crippen molar-refractivity contribution in [1.29, 1.82) is 0 Å². The van der Waals surface area contributed by atoms with Gasteiger partial charge < -0.3 is 9.84 Å². The van der Waals surface area contributed by atoms with Gasteiger partial charge in [0.1, 0.15) is 0 Å². The van der Waals surface area contributed by atoms with Crippen molar-refractivity contribution in [3.05, 3.63) is 52.3 Å². The van der Waals surface area contributed by atoms with Crippen LogP contribution in [0.5, 0.6) is 0 Å². The number of hydrogen-bond donors (Lipinski definition) is 1. The minimum absolute atomic E-state index is 0.00631. The van der Waals surface area contributed by atoms with Crippen LogP contribution in [-0.2, 0) is 11.3 Å². The first kappa shape index (κ1) is 13.8. The number of carbonyl (C=O) groups excluding carboxylic acids is 1. The molecular weight excluding hydrogens is 308 g/mol. The van der Waals surface area contributed by atoms with E-state index in [0.717, 1.165) is 10.0 Å². The lowest BCUT2D eigenvalue weighted by Crippen LogP contribution is -2.23. The normalized spacial score (nSPS) is 12.1. The van der Waals surface area contributed by atoms with Gasteiger partial charge in [0.15, 0.2) is 5.76 Å². The van der Waals surface area contributed by atoms with E-state index < -0.39 is 0 Å². The van der Waals surface area contributed by atoms with Crippen LogP contribution in [0.25, 0.3) is 0 Å². The second-order valence-corrected chi connectivity index (χ2v) is 5.33. The lowest BCUT2D eigenvalue weighted by Gasteiger charge is -2.11. The van der Waals surface area contributed by atoms with E-state index in [9.17, 15) is 4.79 Å². The number of hydrogen-bond acceptors (Lipinski definition) is 3. The highest BCUT2D eigenvalue weighted by atomic mass is 79.9. The standard InChI is InChI=1S/C14H15BrN2O2/c1-10(11-2-4-12(15)5-3-11)8-14(18)16-9-13-6-7-17-19-13/h2-7,10H,8-9H2,1H3,(H,16,18)/t10-/m1/s1. The Morgan fingerprint density at radius 1 is 1.37 bits per heavy atom. The van der Waals surface area contributed by atoms with Gasteiger partial charge in [-0.15, -0.1) is 0 Å². The molecule has 1 atom stereocenters. The smallest absolute Gasteiger partial charge is 0.220 e. The number of rotatable bonds is 5. The summed E-state index contributed by atoms with van der Waals surface area (Å²) in [5.74, 6) is 0.847. The largest absolute Gasteiger partial charge is 0.360 e. The van der Waals surface area contributed by atoms with E-state index >= 15 is 0 Å². The highest BCUT2D eigenvalue weighted by Crippen LogP contribution is 2.21. The van der Waals surface area contributed by atoms with Gasteiger partial charge in [-0.1, -0.05) is 40.1 Å². The summed E-state index contributed by atoms with van der Waals surface area (Å²) >= 11 is 3.40. The second-order valence-electron chi connectivity index (χ2n) is 4.41. The third-order valence-electron chi connectivity index (χ3n) is 2.88. The first-order valence-corrected chi connectivity index (χ1v) is 6.86. The topological polar surface area (TPSA) is 55.1 Å². The zero-order valence-electron chi connectivity index (χ0n) is 10.6. The van der Waals surface area contributed by atoms with Gasteiger partial charge in [0.05, 0.1) is 12.7 Å². The number of halogens is 1. The molecule has 0 spiro atoms. The van der Waals surface area contributed by atoms with E-state index in [1.165, 1.54) is 0 Å². The quantitative estimate of drug-likeness (QED) is 0.919. The Bertz CT molecular complexity index is 523. The van der Waals surface area contributed by atoms with Gasteiger partial charge in [0, 0.05) is 17.0 Å². The van der Waals surface area contributed by atoms with Crippen LogP contribution in [0, 0.1) is 0 Å². The first-order chi connectivity index (χ1) is 9.15. The van der Waals surface area contributed by atoms with Crippen LogP contribution in [0.2, 0.25) is 0 Å². The molecule has 5 heteroatoms. The Morgan fingerprint density at radius 3 is 2.74 bits per heavy atom. The van der Waals surface area contributed by atoms with Gasteiger partial charge in [-0.05, 0) is 23.6 Å². The van der Waals surface area contributed by atoms with Crippen LogP contribution in [0.1, 0.15) is 30.6 Å². The Hall–Kier alpha value is -1.62. The molecule has 19 heavy (non-hydrogen) atoms. The molecular formula is C14H15BrN2O2. The summed E-state index contributed by atoms with van der Waals surface area (Å²) in [7, 11) is 0. The Kier molecular flexibility index (Phi) is 4.74. The third kappa shape index (κ3) is 4.21. The van der Waals surface area contributed by atoms with E-state index in [-0.39, 0.29) is 11.8 Å². The van der Waals surface area contributed by atoms with Gasteiger partial charge in [-0.2, -0.15) is 0 Å². The average Bonchev–Trinajstić information content (AvgIpc) is 2.90. The molecule has 2 rings (SSSR count). The fraction of sp³-hybridized carbons (Fsp3) is 0.286. The molecule has 0 aliphatic heterocycles. The minimum atomic E-state index is 0.00631. The summed E-state index contributed by atoms with van der Waals surface area (Å²) in [6.07, 6.45) is 2.02. The molecule has 0 radical (unpaired) electrons. The molecule has 0 unspecified atom stereocenters. The fourth-order valence-corrected chi connectivity index (χ4v) is 2.04. The van der Waals surface area contributed by atoms with E-state index in [2.05, 4.69) is 26.4 Å². The Labute approximate surface area is 120 Å². The maximum absolute atomic E-state index is 11.8. The first-order valence-electron chi connectivity index (χ1n) is 6.07. The van der Waals surface area contributed by atoms with Crippen molar-refractivity contribution in [2.75, 3.05) is 0 Å². The van der Waals surface area contributed by atoms with Crippen LogP contribution in [0.15, 0.2) is 45.5 Å². The Morgan fingerprint density at radius 2 is 2.11 bits per heavy atom. The molecule has 1 amide bonds. The van der Waals surface area contributed by atoms with E-state index in [0.29, 0.717) is 18.7 Å². The van der Waals surface area contributed by atoms with Crippen molar-refractivity contribution >= 4 is 21.8 Å². The predicted molar refractivity (Wildman–Crippen MR) is 75.5 cm³/mol. The number of nitrogens with one attached hydrogen (secondary N) is 1. The summed E-state index contributed by atoms with van der Waals surface area (Å²) < 4.78 is 5.96. The number of nitrogens with zero attached hydrogens (tertiary/aromatic N) is 1. The molecule has 0 saturated carbocycles. The highest BCUT2D eigenvalue weighted by molar-refractivity contribution is 9.10. The van der Waals surface area contributed by atoms with Gasteiger partial charge in [0.25, 0.3) is 0 Å². The SMILES string of the molecule is C[C@H](CC(=O)NCc1ccno1)c1ccc(Br)cc1. The summed E-state index contributed by atoms with van der Waals surface area (Å²) in [5, 5.41) is 6.40. The lowest BCUT2D eigenvalue weighted by atomic mass is 9.97. The van der Waals surface area contributed by atoms with Gasteiger partial charge in [-0.3, -0.25) is 4.79 Å². The predicted octanol–water partition coefficient (Wildman–Crippen LogP) is 3.25. The highest BCUT2D eigenvalue weighted by Gasteiger charge is 2.11. The molecule has 4 nitrogen and oxygen atoms in total. The zero-order valence-corrected chi connectivity index (χ0v) is 12.2. The van der Waals surface area contributed by atoms with Gasteiger partial charge in [-0.25, -0.2) is 0 Å². The third-order valence-corrected chi connectivity index (χ3v) is 3.41. The van der Waals surface area contributed by atoms with Crippen molar-refractivity contribution < 1.29 is 9.32 Å². The van der Waals surface area contributed by atoms with Gasteiger partial charge >= 0.3 is 0 Å². The molecule has 0 aliphatic rings. The molecule has 1 heterocycles. The van der Waals surface area contributed by atoms with Crippen molar-refractivity contribution in [2.45, 2.75) is 25.8 Å². The molecule has 0 aliphatic carbocycles. The summed E-state index contributed by atoms with van der Waals surface area (Å²) in [6.45, 7) is 2.42. The van der Waals surface area contributed by atoms with Crippen molar-refractivity contribution in [2.24, 2.45) is 0 Å². The van der Waals surface area contributed by atoms with Crippen molar-refractivity contribution in [1.82, 2.24) is 10.5 Å². The average molecular weight is 323 g/mol. The summed E-state index contributed by atoms with van der Waals surface area (Å²) in [4.78, 5) is 11.8. The summed E-state index contributed by atoms with van der Waals surface area (Å²) in [5.41, 5.74) is 1.15. The number of aromatic nitrogens is 1. The molecule has 1 N–H and O–H groups in total. The molecule has 2 aromatic rings. The zero-order chi connectivity index (χ0) is 13.7. The van der Waals surface area contributed by atoms with Crippen LogP contribution < -0.4 is 5.32 Å². The van der Waals surface area contributed by atoms with E-state index in [1.54, 1.807) is 12.3 Å². The molecule has 1 aromatic heterocycles. The number of amides is 1. The van der Waals surface area contributed by atoms with E-state index in [4.69, 9.17) is 4.52 Å². The number of benzene rings is 1. The Balaban J connectivity index is 1.83. The fourth-order valence-electron chi connectivity index (χ4n) is 1.78. The number of carbonyl (C=O) groups is 1. The van der Waals surface area contributed by atoms with Crippen LogP contribution in [-0.4, -0.2) is 11.1 Å². The van der Waals surface area contributed by atoms with Crippen LogP contribution >= 0.6 is 15.9 Å². The monoisotopic (exact) mass is 322 g/mol.